The van der Waals surface area contributed by atoms with Crippen LogP contribution in [-0.4, -0.2) is 130 Å². The average Bonchev–Trinajstić information content (AvgIpc) is 3.39. The van der Waals surface area contributed by atoms with Gasteiger partial charge in [-0.2, -0.15) is 0 Å². The zero-order valence-corrected chi connectivity index (χ0v) is 39.7. The molecule has 0 atom stereocenters. The topological polar surface area (TPSA) is 132 Å². The monoisotopic (exact) mass is 976 g/mol. The Morgan fingerprint density at radius 1 is 0.557 bits per heavy atom. The summed E-state index contributed by atoms with van der Waals surface area (Å²) in [7, 11) is 0. The standard InChI is InChI=1S/C32H36F2N8O2.C19H17ClF2N4/c1-21-30(22-2-3-28(36-19-22)41-6-4-35-5-7-41)38-26-17-23(33)16-25(34)29(26)31(21)39-27-18-24(40-8-12-43-13-9-40)20-37-32(27)42-10-14-44-15-11-42;1-11-18(20)17-14(22)8-13(21)9-15(17)25-19(11)12-2-3-16(24-10-12)26-6-4-23-5-7-26/h2-3,16-20,35H,4-15H2,1H3,(H,38,39);2-3,8-10,23H,4-7H2,1H3. The number of halogens is 5. The second-order valence-electron chi connectivity index (χ2n) is 17.6. The van der Waals surface area contributed by atoms with Crippen LogP contribution in [0.5, 0.6) is 0 Å². The molecule has 2 aromatic carbocycles. The largest absolute Gasteiger partial charge is 0.378 e. The second kappa shape index (κ2) is 20.9. The van der Waals surface area contributed by atoms with Gasteiger partial charge in [0.15, 0.2) is 5.82 Å². The number of nitrogens with one attached hydrogen (secondary N) is 3. The number of pyridine rings is 5. The van der Waals surface area contributed by atoms with Crippen molar-refractivity contribution in [3.8, 4) is 22.5 Å². The molecular weight excluding hydrogens is 924 g/mol. The molecule has 9 heterocycles. The number of morpholine rings is 2. The molecule has 7 aromatic rings. The SMILES string of the molecule is Cc1c(-c2ccc(N3CCNCC3)nc2)nc2cc(F)cc(F)c2c1Cl.Cc1c(-c2ccc(N3CCNCC3)nc2)nc2cc(F)cc(F)c2c1Nc1cc(N2CCOCC2)cnc1N1CCOCC1. The van der Waals surface area contributed by atoms with Crippen LogP contribution in [0, 0.1) is 37.1 Å². The Bertz CT molecular complexity index is 3000. The van der Waals surface area contributed by atoms with Crippen LogP contribution < -0.4 is 35.6 Å². The molecule has 11 rings (SSSR count). The molecule has 0 saturated carbocycles. The molecule has 0 bridgehead atoms. The first kappa shape index (κ1) is 47.2. The van der Waals surface area contributed by atoms with Gasteiger partial charge in [-0.3, -0.25) is 0 Å². The third kappa shape index (κ3) is 9.96. The first-order valence-corrected chi connectivity index (χ1v) is 24.0. The third-order valence-corrected chi connectivity index (χ3v) is 13.6. The summed E-state index contributed by atoms with van der Waals surface area (Å²) >= 11 is 6.35. The van der Waals surface area contributed by atoms with E-state index in [-0.39, 0.29) is 26.8 Å². The molecule has 5 aromatic heterocycles. The van der Waals surface area contributed by atoms with Crippen LogP contribution in [0.3, 0.4) is 0 Å². The molecule has 19 heteroatoms. The molecule has 0 spiro atoms. The number of hydrogen-bond donors (Lipinski definition) is 3. The first-order chi connectivity index (χ1) is 34.1. The molecule has 0 radical (unpaired) electrons. The Balaban J connectivity index is 0.000000185. The molecule has 0 aliphatic carbocycles. The maximum atomic E-state index is 15.6. The van der Waals surface area contributed by atoms with Gasteiger partial charge in [-0.1, -0.05) is 11.6 Å². The summed E-state index contributed by atoms with van der Waals surface area (Å²) in [6.07, 6.45) is 5.40. The van der Waals surface area contributed by atoms with E-state index in [4.69, 9.17) is 36.0 Å². The Morgan fingerprint density at radius 3 is 1.59 bits per heavy atom. The van der Waals surface area contributed by atoms with E-state index in [2.05, 4.69) is 51.6 Å². The zero-order chi connectivity index (χ0) is 48.3. The minimum Gasteiger partial charge on any atom is -0.378 e. The normalized spacial score (nSPS) is 16.7. The Kier molecular flexibility index (Phi) is 14.1. The van der Waals surface area contributed by atoms with Crippen molar-refractivity contribution < 1.29 is 27.0 Å². The summed E-state index contributed by atoms with van der Waals surface area (Å²) in [5, 5.41) is 10.8. The molecule has 4 saturated heterocycles. The number of aromatic nitrogens is 5. The van der Waals surface area contributed by atoms with Gasteiger partial charge in [-0.05, 0) is 55.3 Å². The molecule has 364 valence electrons. The highest BCUT2D eigenvalue weighted by Crippen LogP contribution is 2.40. The lowest BCUT2D eigenvalue weighted by molar-refractivity contribution is 0.122. The van der Waals surface area contributed by atoms with Crippen LogP contribution in [0.2, 0.25) is 5.02 Å². The number of anilines is 6. The van der Waals surface area contributed by atoms with Crippen LogP contribution in [0.4, 0.5) is 52.1 Å². The molecule has 4 fully saturated rings. The second-order valence-corrected chi connectivity index (χ2v) is 18.0. The smallest absolute Gasteiger partial charge is 0.152 e. The van der Waals surface area contributed by atoms with E-state index in [1.807, 2.05) is 37.4 Å². The van der Waals surface area contributed by atoms with Gasteiger partial charge in [0.25, 0.3) is 0 Å². The summed E-state index contributed by atoms with van der Waals surface area (Å²) in [4.78, 5) is 32.2. The van der Waals surface area contributed by atoms with Crippen molar-refractivity contribution in [3.05, 3.63) is 113 Å². The Hall–Kier alpha value is -6.44. The minimum atomic E-state index is -0.709. The maximum absolute atomic E-state index is 15.6. The molecule has 0 amide bonds. The van der Waals surface area contributed by atoms with Crippen molar-refractivity contribution in [3.63, 3.8) is 0 Å². The van der Waals surface area contributed by atoms with Crippen LogP contribution in [0.25, 0.3) is 44.3 Å². The number of fused-ring (bicyclic) bond motifs is 2. The van der Waals surface area contributed by atoms with Crippen molar-refractivity contribution in [2.75, 3.05) is 130 Å². The molecule has 14 nitrogen and oxygen atoms in total. The number of nitrogens with zero attached hydrogens (tertiary/aromatic N) is 9. The number of piperazine rings is 2. The lowest BCUT2D eigenvalue weighted by Crippen LogP contribution is -2.43. The molecule has 3 N–H and O–H groups in total. The van der Waals surface area contributed by atoms with E-state index < -0.39 is 23.3 Å². The van der Waals surface area contributed by atoms with Crippen LogP contribution in [0.15, 0.2) is 73.2 Å². The lowest BCUT2D eigenvalue weighted by Gasteiger charge is -2.32. The van der Waals surface area contributed by atoms with Crippen molar-refractivity contribution in [1.29, 1.82) is 0 Å². The molecule has 70 heavy (non-hydrogen) atoms. The fourth-order valence-electron chi connectivity index (χ4n) is 9.39. The summed E-state index contributed by atoms with van der Waals surface area (Å²) < 4.78 is 69.0. The lowest BCUT2D eigenvalue weighted by atomic mass is 10.0. The number of benzene rings is 2. The van der Waals surface area contributed by atoms with Gasteiger partial charge in [0, 0.05) is 126 Å². The number of rotatable bonds is 8. The van der Waals surface area contributed by atoms with E-state index >= 15 is 4.39 Å². The van der Waals surface area contributed by atoms with E-state index in [0.717, 1.165) is 123 Å². The molecule has 4 aliphatic rings. The van der Waals surface area contributed by atoms with Crippen LogP contribution in [0.1, 0.15) is 11.1 Å². The highest BCUT2D eigenvalue weighted by Gasteiger charge is 2.25. The van der Waals surface area contributed by atoms with Gasteiger partial charge in [0.05, 0.1) is 87.9 Å². The van der Waals surface area contributed by atoms with Gasteiger partial charge in [-0.15, -0.1) is 0 Å². The number of ether oxygens (including phenoxy) is 2. The van der Waals surface area contributed by atoms with Crippen molar-refractivity contribution in [1.82, 2.24) is 35.6 Å². The van der Waals surface area contributed by atoms with Crippen molar-refractivity contribution >= 4 is 67.9 Å². The van der Waals surface area contributed by atoms with Gasteiger partial charge >= 0.3 is 0 Å². The Morgan fingerprint density at radius 2 is 1.06 bits per heavy atom. The summed E-state index contributed by atoms with van der Waals surface area (Å²) in [6, 6.07) is 14.1. The molecule has 4 aliphatic heterocycles. The molecule has 0 unspecified atom stereocenters. The summed E-state index contributed by atoms with van der Waals surface area (Å²) in [5.41, 5.74) is 6.69. The predicted octanol–water partition coefficient (Wildman–Crippen LogP) is 8.05. The van der Waals surface area contributed by atoms with Gasteiger partial charge < -0.3 is 45.0 Å². The predicted molar refractivity (Wildman–Crippen MR) is 268 cm³/mol. The van der Waals surface area contributed by atoms with Gasteiger partial charge in [0.1, 0.15) is 34.9 Å². The van der Waals surface area contributed by atoms with E-state index in [0.29, 0.717) is 62.2 Å². The summed E-state index contributed by atoms with van der Waals surface area (Å²) in [5.74, 6) is -0.203. The fourth-order valence-corrected chi connectivity index (χ4v) is 9.67. The maximum Gasteiger partial charge on any atom is 0.152 e. The van der Waals surface area contributed by atoms with Crippen molar-refractivity contribution in [2.45, 2.75) is 13.8 Å². The van der Waals surface area contributed by atoms with Gasteiger partial charge in [0.2, 0.25) is 0 Å². The van der Waals surface area contributed by atoms with E-state index in [9.17, 15) is 13.2 Å². The van der Waals surface area contributed by atoms with Crippen molar-refractivity contribution in [2.24, 2.45) is 0 Å². The Labute approximate surface area is 408 Å². The average molecular weight is 978 g/mol. The van der Waals surface area contributed by atoms with Crippen LogP contribution >= 0.6 is 11.6 Å². The minimum absolute atomic E-state index is 0.139. The van der Waals surface area contributed by atoms with Crippen LogP contribution in [-0.2, 0) is 9.47 Å². The summed E-state index contributed by atoms with van der Waals surface area (Å²) in [6.45, 7) is 16.3. The number of hydrogen-bond acceptors (Lipinski definition) is 14. The fraction of sp³-hybridized carbons (Fsp3) is 0.353. The third-order valence-electron chi connectivity index (χ3n) is 13.1. The highest BCUT2D eigenvalue weighted by atomic mass is 35.5. The first-order valence-electron chi connectivity index (χ1n) is 23.6. The quantitative estimate of drug-likeness (QED) is 0.127. The van der Waals surface area contributed by atoms with Gasteiger partial charge in [-0.25, -0.2) is 42.5 Å². The highest BCUT2D eigenvalue weighted by molar-refractivity contribution is 6.36. The molecular formula is C51H53ClF4N12O2. The zero-order valence-electron chi connectivity index (χ0n) is 39.0. The van der Waals surface area contributed by atoms with E-state index in [1.165, 1.54) is 12.1 Å². The van der Waals surface area contributed by atoms with E-state index in [1.54, 1.807) is 19.3 Å².